The summed E-state index contributed by atoms with van der Waals surface area (Å²) in [5, 5.41) is 4.45. The molecule has 3 heterocycles. The number of aryl methyl sites for hydroxylation is 2. The first-order valence-corrected chi connectivity index (χ1v) is 12.0. The molecule has 184 valence electrons. The van der Waals surface area contributed by atoms with Crippen molar-refractivity contribution >= 4 is 40.0 Å². The van der Waals surface area contributed by atoms with E-state index in [1.165, 1.54) is 6.20 Å². The maximum absolute atomic E-state index is 13.4. The number of pyridine rings is 1. The fourth-order valence-corrected chi connectivity index (χ4v) is 4.43. The predicted octanol–water partition coefficient (Wildman–Crippen LogP) is 5.35. The molecule has 0 aliphatic carbocycles. The summed E-state index contributed by atoms with van der Waals surface area (Å²) in [6, 6.07) is 7.35. The first kappa shape index (κ1) is 24.9. The molecule has 0 spiro atoms. The van der Waals surface area contributed by atoms with Crippen LogP contribution in [0.1, 0.15) is 48.0 Å². The van der Waals surface area contributed by atoms with Gasteiger partial charge in [-0.1, -0.05) is 24.6 Å². The number of aliphatic imine (C=N–C) groups is 1. The van der Waals surface area contributed by atoms with Crippen molar-refractivity contribution < 1.29 is 9.15 Å². The lowest BCUT2D eigenvalue weighted by atomic mass is 9.89. The van der Waals surface area contributed by atoms with E-state index in [9.17, 15) is 4.79 Å². The zero-order chi connectivity index (χ0) is 25.3. The molecule has 3 N–H and O–H groups in total. The number of nitrogens with one attached hydrogen (secondary N) is 1. The molecule has 35 heavy (non-hydrogen) atoms. The summed E-state index contributed by atoms with van der Waals surface area (Å²) >= 11 is 6.01. The lowest BCUT2D eigenvalue weighted by Gasteiger charge is -2.36. The Balaban J connectivity index is 1.76. The van der Waals surface area contributed by atoms with Crippen LogP contribution in [0, 0.1) is 26.2 Å². The van der Waals surface area contributed by atoms with Gasteiger partial charge in [0.25, 0.3) is 0 Å². The highest BCUT2D eigenvalue weighted by Crippen LogP contribution is 2.31. The number of ether oxygens (including phenoxy) is 1. The summed E-state index contributed by atoms with van der Waals surface area (Å²) in [6.07, 6.45) is 3.11. The van der Waals surface area contributed by atoms with Gasteiger partial charge in [-0.05, 0) is 51.5 Å². The number of nitrogens with two attached hydrogens (primary N) is 1. The first-order chi connectivity index (χ1) is 16.6. The third kappa shape index (κ3) is 5.11. The molecule has 1 aliphatic heterocycles. The fourth-order valence-electron chi connectivity index (χ4n) is 4.24. The highest BCUT2D eigenvalue weighted by molar-refractivity contribution is 6.29. The number of hydrogen-bond acceptors (Lipinski definition) is 7. The number of rotatable bonds is 7. The number of hydrogen-bond donors (Lipinski definition) is 2. The zero-order valence-electron chi connectivity index (χ0n) is 20.7. The van der Waals surface area contributed by atoms with Crippen molar-refractivity contribution in [2.75, 3.05) is 25.1 Å². The highest BCUT2D eigenvalue weighted by Gasteiger charge is 2.32. The summed E-state index contributed by atoms with van der Waals surface area (Å²) < 4.78 is 11.7. The molecule has 8 heteroatoms. The molecule has 0 radical (unpaired) electrons. The quantitative estimate of drug-likeness (QED) is 0.339. The van der Waals surface area contributed by atoms with Crippen molar-refractivity contribution in [2.24, 2.45) is 16.1 Å². The minimum absolute atomic E-state index is 0.0376. The Labute approximate surface area is 210 Å². The van der Waals surface area contributed by atoms with Crippen molar-refractivity contribution in [1.29, 1.82) is 0 Å². The van der Waals surface area contributed by atoms with E-state index in [2.05, 4.69) is 22.2 Å². The normalized spacial score (nSPS) is 16.5. The Kier molecular flexibility index (Phi) is 7.01. The monoisotopic (exact) mass is 494 g/mol. The molecule has 0 saturated carbocycles. The number of fused-ring (bicyclic) bond motifs is 1. The molecule has 1 atom stereocenters. The molecular formula is C27H31ClN4O3. The van der Waals surface area contributed by atoms with E-state index in [0.29, 0.717) is 52.8 Å². The van der Waals surface area contributed by atoms with E-state index < -0.39 is 0 Å². The maximum atomic E-state index is 13.4. The topological polar surface area (TPSA) is 103 Å². The smallest absolute Gasteiger partial charge is 0.196 e. The van der Waals surface area contributed by atoms with Crippen LogP contribution >= 0.6 is 11.6 Å². The van der Waals surface area contributed by atoms with Crippen LogP contribution in [-0.2, 0) is 4.74 Å². The van der Waals surface area contributed by atoms with Crippen molar-refractivity contribution in [3.05, 3.63) is 74.0 Å². The van der Waals surface area contributed by atoms with Crippen LogP contribution in [-0.4, -0.2) is 31.0 Å². The van der Waals surface area contributed by atoms with Crippen molar-refractivity contribution in [3.63, 3.8) is 0 Å². The summed E-state index contributed by atoms with van der Waals surface area (Å²) in [6.45, 7) is 11.7. The third-order valence-electron chi connectivity index (χ3n) is 6.33. The van der Waals surface area contributed by atoms with Crippen LogP contribution in [0.25, 0.3) is 16.5 Å². The standard InChI is InChI=1S/C27H31ClN4O3/c1-15-8-20(17(3)31-22-6-7-23(28)32-18(22)4)26-21(9-15)24(33)16(2)25(35-26)19(10-29)11-30-12-27(5)13-34-14-27/h6-11,17,31H,12-14,29H2,1-5H3/t17-/m1/s1. The third-order valence-corrected chi connectivity index (χ3v) is 6.54. The van der Waals surface area contributed by atoms with E-state index in [0.717, 1.165) is 22.5 Å². The number of halogens is 1. The second-order valence-corrected chi connectivity index (χ2v) is 10.0. The van der Waals surface area contributed by atoms with Crippen LogP contribution in [0.3, 0.4) is 0 Å². The Hall–Kier alpha value is -3.16. The Bertz CT molecular complexity index is 1390. The molecule has 1 aliphatic rings. The molecular weight excluding hydrogens is 464 g/mol. The second-order valence-electron chi connectivity index (χ2n) is 9.64. The minimum atomic E-state index is -0.171. The number of benzene rings is 1. The van der Waals surface area contributed by atoms with Gasteiger partial charge in [0.1, 0.15) is 16.5 Å². The molecule has 1 aromatic carbocycles. The Morgan fingerprint density at radius 2 is 2.06 bits per heavy atom. The van der Waals surface area contributed by atoms with Crippen LogP contribution in [0.2, 0.25) is 5.15 Å². The van der Waals surface area contributed by atoms with E-state index in [1.54, 1.807) is 19.2 Å². The largest absolute Gasteiger partial charge is 0.455 e. The Morgan fingerprint density at radius 3 is 2.69 bits per heavy atom. The van der Waals surface area contributed by atoms with Gasteiger partial charge >= 0.3 is 0 Å². The molecule has 2 aromatic heterocycles. The maximum Gasteiger partial charge on any atom is 0.196 e. The molecule has 0 unspecified atom stereocenters. The second kappa shape index (κ2) is 9.84. The first-order valence-electron chi connectivity index (χ1n) is 11.6. The molecule has 1 fully saturated rings. The van der Waals surface area contributed by atoms with Gasteiger partial charge < -0.3 is 20.2 Å². The molecule has 1 saturated heterocycles. The number of anilines is 1. The molecule has 7 nitrogen and oxygen atoms in total. The SMILES string of the molecule is Cc1cc([C@@H](C)Nc2ccc(Cl)nc2C)c2oc(C(C=NCC3(C)COC3)=CN)c(C)c(=O)c2c1. The van der Waals surface area contributed by atoms with Gasteiger partial charge in [-0.2, -0.15) is 0 Å². The van der Waals surface area contributed by atoms with Gasteiger partial charge in [-0.3, -0.25) is 9.79 Å². The number of aromatic nitrogens is 1. The van der Waals surface area contributed by atoms with Gasteiger partial charge in [0.05, 0.1) is 41.6 Å². The van der Waals surface area contributed by atoms with Crippen molar-refractivity contribution in [1.82, 2.24) is 4.98 Å². The predicted molar refractivity (Wildman–Crippen MR) is 142 cm³/mol. The van der Waals surface area contributed by atoms with Gasteiger partial charge in [-0.15, -0.1) is 0 Å². The lowest BCUT2D eigenvalue weighted by Crippen LogP contribution is -2.42. The van der Waals surface area contributed by atoms with Gasteiger partial charge in [0, 0.05) is 35.5 Å². The number of nitrogens with zero attached hydrogens (tertiary/aromatic N) is 2. The van der Waals surface area contributed by atoms with E-state index in [4.69, 9.17) is 26.5 Å². The van der Waals surface area contributed by atoms with E-state index in [-0.39, 0.29) is 16.9 Å². The molecule has 3 aromatic rings. The van der Waals surface area contributed by atoms with Gasteiger partial charge in [0.2, 0.25) is 0 Å². The van der Waals surface area contributed by atoms with Crippen LogP contribution < -0.4 is 16.5 Å². The van der Waals surface area contributed by atoms with E-state index in [1.807, 2.05) is 39.0 Å². The van der Waals surface area contributed by atoms with Crippen molar-refractivity contribution in [3.8, 4) is 0 Å². The number of allylic oxidation sites excluding steroid dienone is 1. The lowest BCUT2D eigenvalue weighted by molar-refractivity contribution is -0.0944. The van der Waals surface area contributed by atoms with Crippen LogP contribution in [0.4, 0.5) is 5.69 Å². The fraction of sp³-hybridized carbons (Fsp3) is 0.370. The average Bonchev–Trinajstić information content (AvgIpc) is 2.80. The molecule has 4 rings (SSSR count). The van der Waals surface area contributed by atoms with Crippen LogP contribution in [0.15, 0.2) is 44.7 Å². The molecule has 0 amide bonds. The molecule has 0 bridgehead atoms. The minimum Gasteiger partial charge on any atom is -0.455 e. The van der Waals surface area contributed by atoms with Gasteiger partial charge in [-0.25, -0.2) is 4.98 Å². The zero-order valence-corrected chi connectivity index (χ0v) is 21.5. The summed E-state index contributed by atoms with van der Waals surface area (Å²) in [4.78, 5) is 22.3. The summed E-state index contributed by atoms with van der Waals surface area (Å²) in [5.74, 6) is 0.422. The van der Waals surface area contributed by atoms with Crippen molar-refractivity contribution in [2.45, 2.75) is 40.7 Å². The summed E-state index contributed by atoms with van der Waals surface area (Å²) in [7, 11) is 0. The summed E-state index contributed by atoms with van der Waals surface area (Å²) in [5.41, 5.74) is 11.0. The van der Waals surface area contributed by atoms with Crippen LogP contribution in [0.5, 0.6) is 0 Å². The van der Waals surface area contributed by atoms with E-state index >= 15 is 0 Å². The van der Waals surface area contributed by atoms with Gasteiger partial charge in [0.15, 0.2) is 5.43 Å². The Morgan fingerprint density at radius 1 is 1.31 bits per heavy atom. The highest BCUT2D eigenvalue weighted by atomic mass is 35.5. The average molecular weight is 495 g/mol.